The summed E-state index contributed by atoms with van der Waals surface area (Å²) in [5, 5.41) is 3.44. The Morgan fingerprint density at radius 3 is 3.09 bits per heavy atom. The molecule has 2 rings (SSSR count). The molecule has 2 heterocycles. The molecule has 0 saturated carbocycles. The number of likely N-dealkylation sites (tertiary alicyclic amines) is 1. The highest BCUT2D eigenvalue weighted by molar-refractivity contribution is 7.09. The van der Waals surface area contributed by atoms with Crippen molar-refractivity contribution in [2.24, 2.45) is 10.9 Å². The molecule has 1 saturated heterocycles. The zero-order chi connectivity index (χ0) is 15.8. The van der Waals surface area contributed by atoms with Crippen molar-refractivity contribution in [1.29, 1.82) is 0 Å². The van der Waals surface area contributed by atoms with Gasteiger partial charge >= 0.3 is 0 Å². The first-order valence-electron chi connectivity index (χ1n) is 7.65. The van der Waals surface area contributed by atoms with E-state index in [2.05, 4.69) is 20.2 Å². The van der Waals surface area contributed by atoms with E-state index in [1.54, 1.807) is 18.4 Å². The number of nitrogens with one attached hydrogen (secondary N) is 1. The Labute approximate surface area is 136 Å². The number of ether oxygens (including phenoxy) is 2. The molecule has 0 radical (unpaired) electrons. The summed E-state index contributed by atoms with van der Waals surface area (Å²) < 4.78 is 10.6. The van der Waals surface area contributed by atoms with E-state index in [9.17, 15) is 0 Å². The highest BCUT2D eigenvalue weighted by Gasteiger charge is 2.25. The van der Waals surface area contributed by atoms with Crippen LogP contribution in [0.1, 0.15) is 17.0 Å². The molecule has 0 bridgehead atoms. The Morgan fingerprint density at radius 1 is 1.55 bits per heavy atom. The molecule has 1 aliphatic rings. The van der Waals surface area contributed by atoms with Gasteiger partial charge in [-0.1, -0.05) is 0 Å². The molecule has 1 aromatic heterocycles. The lowest BCUT2D eigenvalue weighted by Crippen LogP contribution is -2.39. The van der Waals surface area contributed by atoms with Crippen LogP contribution in [0.4, 0.5) is 0 Å². The maximum atomic E-state index is 5.64. The monoisotopic (exact) mass is 326 g/mol. The third-order valence-electron chi connectivity index (χ3n) is 3.83. The maximum Gasteiger partial charge on any atom is 0.193 e. The van der Waals surface area contributed by atoms with Crippen LogP contribution in [-0.2, 0) is 16.0 Å². The molecular formula is C15H26N4O2S. The fourth-order valence-electron chi connectivity index (χ4n) is 2.54. The van der Waals surface area contributed by atoms with E-state index >= 15 is 0 Å². The van der Waals surface area contributed by atoms with Gasteiger partial charge in [0.25, 0.3) is 0 Å². The predicted octanol–water partition coefficient (Wildman–Crippen LogP) is 1.51. The Balaban J connectivity index is 1.74. The summed E-state index contributed by atoms with van der Waals surface area (Å²) in [6, 6.07) is 0. The second-order valence-corrected chi connectivity index (χ2v) is 6.37. The third kappa shape index (κ3) is 4.93. The molecule has 0 amide bonds. The minimum atomic E-state index is 0.570. The van der Waals surface area contributed by atoms with E-state index in [4.69, 9.17) is 9.47 Å². The number of hydrogen-bond donors (Lipinski definition) is 1. The number of guanidine groups is 1. The number of methoxy groups -OCH3 is 1. The Morgan fingerprint density at radius 2 is 2.41 bits per heavy atom. The van der Waals surface area contributed by atoms with Gasteiger partial charge in [-0.25, -0.2) is 4.98 Å². The van der Waals surface area contributed by atoms with Crippen LogP contribution in [0.3, 0.4) is 0 Å². The molecule has 1 fully saturated rings. The molecule has 1 atom stereocenters. The number of aromatic nitrogens is 1. The fraction of sp³-hybridized carbons (Fsp3) is 0.733. The molecule has 1 N–H and O–H groups in total. The Bertz CT molecular complexity index is 478. The standard InChI is InChI=1S/C15H26N4O2S/c1-12-14(22-11-18-12)8-17-15(16-2)19-5-4-13(9-19)10-21-7-6-20-3/h11,13H,4-10H2,1-3H3,(H,16,17). The van der Waals surface area contributed by atoms with E-state index in [0.29, 0.717) is 19.1 Å². The second-order valence-electron chi connectivity index (χ2n) is 5.43. The van der Waals surface area contributed by atoms with Crippen molar-refractivity contribution in [3.63, 3.8) is 0 Å². The molecule has 1 aromatic rings. The van der Waals surface area contributed by atoms with Gasteiger partial charge in [-0.05, 0) is 13.3 Å². The predicted molar refractivity (Wildman–Crippen MR) is 89.4 cm³/mol. The summed E-state index contributed by atoms with van der Waals surface area (Å²) in [4.78, 5) is 12.2. The van der Waals surface area contributed by atoms with Crippen molar-refractivity contribution in [3.8, 4) is 0 Å². The van der Waals surface area contributed by atoms with Gasteiger partial charge in [0.1, 0.15) is 0 Å². The summed E-state index contributed by atoms with van der Waals surface area (Å²) >= 11 is 1.68. The number of aryl methyl sites for hydroxylation is 1. The molecule has 0 spiro atoms. The van der Waals surface area contributed by atoms with E-state index < -0.39 is 0 Å². The van der Waals surface area contributed by atoms with E-state index in [1.807, 2.05) is 19.5 Å². The SMILES string of the molecule is CN=C(NCc1scnc1C)N1CCC(COCCOC)C1. The normalized spacial score (nSPS) is 19.0. The number of thiazole rings is 1. The zero-order valence-corrected chi connectivity index (χ0v) is 14.5. The second kappa shape index (κ2) is 9.07. The molecule has 124 valence electrons. The first-order chi connectivity index (χ1) is 10.7. The van der Waals surface area contributed by atoms with Crippen LogP contribution in [0.2, 0.25) is 0 Å². The molecule has 0 aliphatic carbocycles. The van der Waals surface area contributed by atoms with Crippen LogP contribution >= 0.6 is 11.3 Å². The van der Waals surface area contributed by atoms with Gasteiger partial charge in [0.05, 0.1) is 37.6 Å². The van der Waals surface area contributed by atoms with E-state index in [0.717, 1.165) is 44.3 Å². The van der Waals surface area contributed by atoms with Gasteiger partial charge in [0.15, 0.2) is 5.96 Å². The number of hydrogen-bond acceptors (Lipinski definition) is 5. The van der Waals surface area contributed by atoms with Crippen LogP contribution in [0.5, 0.6) is 0 Å². The van der Waals surface area contributed by atoms with Crippen LogP contribution in [-0.4, -0.2) is 62.9 Å². The lowest BCUT2D eigenvalue weighted by molar-refractivity contribution is 0.0536. The first-order valence-corrected chi connectivity index (χ1v) is 8.53. The zero-order valence-electron chi connectivity index (χ0n) is 13.7. The highest BCUT2D eigenvalue weighted by Crippen LogP contribution is 2.17. The summed E-state index contributed by atoms with van der Waals surface area (Å²) in [5.74, 6) is 1.53. The molecule has 7 heteroatoms. The summed E-state index contributed by atoms with van der Waals surface area (Å²) in [6.07, 6.45) is 1.15. The molecule has 22 heavy (non-hydrogen) atoms. The largest absolute Gasteiger partial charge is 0.382 e. The maximum absolute atomic E-state index is 5.64. The number of rotatable bonds is 7. The van der Waals surface area contributed by atoms with Crippen molar-refractivity contribution in [2.75, 3.05) is 47.1 Å². The number of aliphatic imine (C=N–C) groups is 1. The van der Waals surface area contributed by atoms with Crippen LogP contribution < -0.4 is 5.32 Å². The van der Waals surface area contributed by atoms with Crippen molar-refractivity contribution < 1.29 is 9.47 Å². The number of nitrogens with zero attached hydrogens (tertiary/aromatic N) is 3. The Kier molecular flexibility index (Phi) is 7.08. The van der Waals surface area contributed by atoms with Crippen LogP contribution in [0.15, 0.2) is 10.5 Å². The summed E-state index contributed by atoms with van der Waals surface area (Å²) in [5.41, 5.74) is 2.98. The topological polar surface area (TPSA) is 59.0 Å². The van der Waals surface area contributed by atoms with Gasteiger partial charge in [-0.15, -0.1) is 11.3 Å². The van der Waals surface area contributed by atoms with E-state index in [-0.39, 0.29) is 0 Å². The average molecular weight is 326 g/mol. The summed E-state index contributed by atoms with van der Waals surface area (Å²) in [7, 11) is 3.53. The quantitative estimate of drug-likeness (QED) is 0.468. The summed E-state index contributed by atoms with van der Waals surface area (Å²) in [6.45, 7) is 6.98. The third-order valence-corrected chi connectivity index (χ3v) is 4.77. The molecular weight excluding hydrogens is 300 g/mol. The van der Waals surface area contributed by atoms with Crippen LogP contribution in [0.25, 0.3) is 0 Å². The van der Waals surface area contributed by atoms with Gasteiger partial charge in [-0.2, -0.15) is 0 Å². The molecule has 1 unspecified atom stereocenters. The van der Waals surface area contributed by atoms with Crippen molar-refractivity contribution >= 4 is 17.3 Å². The van der Waals surface area contributed by atoms with Crippen molar-refractivity contribution in [1.82, 2.24) is 15.2 Å². The van der Waals surface area contributed by atoms with Crippen molar-refractivity contribution in [2.45, 2.75) is 19.9 Å². The highest BCUT2D eigenvalue weighted by atomic mass is 32.1. The minimum Gasteiger partial charge on any atom is -0.382 e. The average Bonchev–Trinajstić information content (AvgIpc) is 3.14. The fourth-order valence-corrected chi connectivity index (χ4v) is 3.26. The molecule has 0 aromatic carbocycles. The Hall–Kier alpha value is -1.18. The van der Waals surface area contributed by atoms with Gasteiger partial charge in [0.2, 0.25) is 0 Å². The van der Waals surface area contributed by atoms with Gasteiger partial charge in [-0.3, -0.25) is 4.99 Å². The van der Waals surface area contributed by atoms with Gasteiger partial charge < -0.3 is 19.7 Å². The smallest absolute Gasteiger partial charge is 0.193 e. The first kappa shape index (κ1) is 17.2. The van der Waals surface area contributed by atoms with Gasteiger partial charge in [0, 0.05) is 38.0 Å². The minimum absolute atomic E-state index is 0.570. The molecule has 6 nitrogen and oxygen atoms in total. The van der Waals surface area contributed by atoms with Crippen molar-refractivity contribution in [3.05, 3.63) is 16.1 Å². The van der Waals surface area contributed by atoms with Crippen LogP contribution in [0, 0.1) is 12.8 Å². The van der Waals surface area contributed by atoms with E-state index in [1.165, 1.54) is 4.88 Å². The lowest BCUT2D eigenvalue weighted by Gasteiger charge is -2.21. The molecule has 1 aliphatic heterocycles. The lowest BCUT2D eigenvalue weighted by atomic mass is 10.1.